The zero-order valence-electron chi connectivity index (χ0n) is 19.8. The number of rotatable bonds is 7. The molecule has 0 spiro atoms. The van der Waals surface area contributed by atoms with Crippen LogP contribution in [0.15, 0.2) is 35.5 Å². The summed E-state index contributed by atoms with van der Waals surface area (Å²) in [7, 11) is 0. The van der Waals surface area contributed by atoms with Crippen LogP contribution < -0.4 is 0 Å². The van der Waals surface area contributed by atoms with E-state index in [1.165, 1.54) is 5.57 Å². The maximum Gasteiger partial charge on any atom is 0.0811 e. The SMILES string of the molecule is C=C1/C(=C\C=C2CCC[C@@]3(C)C2CC[C@@H]3[C@@](C)(O)CCCC(C)CO)C[C@@H](O)CC1O. The molecule has 0 amide bonds. The summed E-state index contributed by atoms with van der Waals surface area (Å²) in [5, 5.41) is 40.9. The van der Waals surface area contributed by atoms with Crippen LogP contribution in [0.1, 0.15) is 85.0 Å². The van der Waals surface area contributed by atoms with Gasteiger partial charge in [0.25, 0.3) is 0 Å². The minimum absolute atomic E-state index is 0.108. The number of hydrogen-bond acceptors (Lipinski definition) is 4. The third-order valence-corrected chi connectivity index (χ3v) is 8.67. The van der Waals surface area contributed by atoms with E-state index < -0.39 is 17.8 Å². The Labute approximate surface area is 188 Å². The van der Waals surface area contributed by atoms with Crippen molar-refractivity contribution in [3.63, 3.8) is 0 Å². The fraction of sp³-hybridized carbons (Fsp3) is 0.778. The lowest BCUT2D eigenvalue weighted by molar-refractivity contribution is -0.0660. The van der Waals surface area contributed by atoms with Crippen molar-refractivity contribution in [2.45, 2.75) is 103 Å². The van der Waals surface area contributed by atoms with E-state index in [1.54, 1.807) is 0 Å². The molecule has 0 heterocycles. The number of allylic oxidation sites excluding steroid dienone is 3. The fourth-order valence-electron chi connectivity index (χ4n) is 6.80. The smallest absolute Gasteiger partial charge is 0.0811 e. The fourth-order valence-corrected chi connectivity index (χ4v) is 6.80. The topological polar surface area (TPSA) is 80.9 Å². The molecule has 3 aliphatic rings. The Morgan fingerprint density at radius 3 is 2.71 bits per heavy atom. The Hall–Kier alpha value is -0.940. The normalized spacial score (nSPS) is 39.5. The highest BCUT2D eigenvalue weighted by atomic mass is 16.3. The zero-order chi connectivity index (χ0) is 22.8. The minimum atomic E-state index is -0.675. The van der Waals surface area contributed by atoms with Crippen molar-refractivity contribution in [2.24, 2.45) is 23.2 Å². The second-order valence-corrected chi connectivity index (χ2v) is 11.1. The van der Waals surface area contributed by atoms with Gasteiger partial charge in [0.1, 0.15) is 0 Å². The van der Waals surface area contributed by atoms with Crippen molar-refractivity contribution in [1.29, 1.82) is 0 Å². The third kappa shape index (κ3) is 5.35. The maximum atomic E-state index is 11.5. The van der Waals surface area contributed by atoms with Gasteiger partial charge in [0.15, 0.2) is 0 Å². The lowest BCUT2D eigenvalue weighted by Gasteiger charge is -2.47. The van der Waals surface area contributed by atoms with Crippen LogP contribution in [0.25, 0.3) is 0 Å². The second-order valence-electron chi connectivity index (χ2n) is 11.1. The number of aliphatic hydroxyl groups is 4. The Balaban J connectivity index is 1.74. The summed E-state index contributed by atoms with van der Waals surface area (Å²) in [6, 6.07) is 0. The van der Waals surface area contributed by atoms with Crippen molar-refractivity contribution < 1.29 is 20.4 Å². The summed E-state index contributed by atoms with van der Waals surface area (Å²) in [6.07, 6.45) is 12.4. The van der Waals surface area contributed by atoms with E-state index >= 15 is 0 Å². The highest BCUT2D eigenvalue weighted by Crippen LogP contribution is 2.60. The van der Waals surface area contributed by atoms with Crippen molar-refractivity contribution >= 4 is 0 Å². The van der Waals surface area contributed by atoms with Gasteiger partial charge in [0.2, 0.25) is 0 Å². The molecule has 4 nitrogen and oxygen atoms in total. The summed E-state index contributed by atoms with van der Waals surface area (Å²) >= 11 is 0. The predicted octanol–water partition coefficient (Wildman–Crippen LogP) is 4.68. The van der Waals surface area contributed by atoms with Crippen LogP contribution in [0.5, 0.6) is 0 Å². The molecule has 3 saturated carbocycles. The molecule has 3 rings (SSSR count). The van der Waals surface area contributed by atoms with Crippen molar-refractivity contribution in [2.75, 3.05) is 6.61 Å². The molecule has 176 valence electrons. The van der Waals surface area contributed by atoms with Crippen LogP contribution in [0.2, 0.25) is 0 Å². The molecule has 0 aromatic carbocycles. The molecular weight excluding hydrogens is 388 g/mol. The lowest BCUT2D eigenvalue weighted by Crippen LogP contribution is -2.45. The van der Waals surface area contributed by atoms with E-state index in [0.29, 0.717) is 30.6 Å². The van der Waals surface area contributed by atoms with Crippen LogP contribution in [-0.4, -0.2) is 44.8 Å². The van der Waals surface area contributed by atoms with Crippen molar-refractivity contribution in [3.8, 4) is 0 Å². The van der Waals surface area contributed by atoms with E-state index in [0.717, 1.165) is 62.5 Å². The van der Waals surface area contributed by atoms with E-state index in [-0.39, 0.29) is 12.0 Å². The average molecular weight is 433 g/mol. The molecule has 3 fully saturated rings. The monoisotopic (exact) mass is 432 g/mol. The number of aliphatic hydroxyl groups excluding tert-OH is 3. The molecule has 0 aliphatic heterocycles. The molecule has 4 N–H and O–H groups in total. The first-order valence-electron chi connectivity index (χ1n) is 12.4. The highest BCUT2D eigenvalue weighted by molar-refractivity contribution is 5.38. The van der Waals surface area contributed by atoms with Crippen LogP contribution in [-0.2, 0) is 0 Å². The summed E-state index contributed by atoms with van der Waals surface area (Å²) < 4.78 is 0. The van der Waals surface area contributed by atoms with Gasteiger partial charge in [-0.25, -0.2) is 0 Å². The first kappa shape index (κ1) is 24.7. The first-order valence-corrected chi connectivity index (χ1v) is 12.4. The van der Waals surface area contributed by atoms with Gasteiger partial charge in [-0.15, -0.1) is 0 Å². The standard InChI is InChI=1S/C27H44O4/c1-18(17-28)7-5-14-27(4,31)25-12-11-23-20(8-6-13-26(23,25)3)9-10-21-15-22(29)16-24(30)19(21)2/h9-10,18,22-25,28-31H,2,5-8,11-17H2,1,3-4H3/b20-9?,21-10-/t18?,22-,23?,24?,25+,26+,27+/m1/s1. The van der Waals surface area contributed by atoms with E-state index in [2.05, 4.69) is 32.6 Å². The van der Waals surface area contributed by atoms with Gasteiger partial charge in [0, 0.05) is 13.0 Å². The zero-order valence-corrected chi connectivity index (χ0v) is 19.8. The third-order valence-electron chi connectivity index (χ3n) is 8.67. The summed E-state index contributed by atoms with van der Waals surface area (Å²) in [6.45, 7) is 10.7. The van der Waals surface area contributed by atoms with Gasteiger partial charge in [-0.2, -0.15) is 0 Å². The van der Waals surface area contributed by atoms with Crippen LogP contribution in [0.4, 0.5) is 0 Å². The summed E-state index contributed by atoms with van der Waals surface area (Å²) in [5.41, 5.74) is 2.59. The quantitative estimate of drug-likeness (QED) is 0.471. The molecule has 7 atom stereocenters. The average Bonchev–Trinajstić information content (AvgIpc) is 3.07. The summed E-state index contributed by atoms with van der Waals surface area (Å²) in [5.74, 6) is 1.07. The molecule has 0 aromatic heterocycles. The van der Waals surface area contributed by atoms with Gasteiger partial charge in [-0.3, -0.25) is 0 Å². The molecule has 0 bridgehead atoms. The first-order chi connectivity index (χ1) is 14.6. The highest BCUT2D eigenvalue weighted by Gasteiger charge is 2.54. The van der Waals surface area contributed by atoms with Gasteiger partial charge in [-0.05, 0) is 92.6 Å². The van der Waals surface area contributed by atoms with E-state index in [4.69, 9.17) is 0 Å². The van der Waals surface area contributed by atoms with Crippen LogP contribution in [0, 0.1) is 23.2 Å². The van der Waals surface area contributed by atoms with Gasteiger partial charge in [-0.1, -0.05) is 44.6 Å². The number of fused-ring (bicyclic) bond motifs is 1. The van der Waals surface area contributed by atoms with Crippen molar-refractivity contribution in [1.82, 2.24) is 0 Å². The van der Waals surface area contributed by atoms with Gasteiger partial charge < -0.3 is 20.4 Å². The second kappa shape index (κ2) is 9.91. The molecule has 3 aliphatic carbocycles. The summed E-state index contributed by atoms with van der Waals surface area (Å²) in [4.78, 5) is 0. The predicted molar refractivity (Wildman–Crippen MR) is 125 cm³/mol. The lowest BCUT2D eigenvalue weighted by atomic mass is 9.59. The van der Waals surface area contributed by atoms with Gasteiger partial charge >= 0.3 is 0 Å². The molecule has 0 aromatic rings. The van der Waals surface area contributed by atoms with Crippen molar-refractivity contribution in [3.05, 3.63) is 35.5 Å². The Kier molecular flexibility index (Phi) is 7.89. The molecule has 4 heteroatoms. The molecule has 0 saturated heterocycles. The Morgan fingerprint density at radius 1 is 1.26 bits per heavy atom. The van der Waals surface area contributed by atoms with Crippen LogP contribution >= 0.6 is 0 Å². The van der Waals surface area contributed by atoms with E-state index in [9.17, 15) is 20.4 Å². The maximum absolute atomic E-state index is 11.5. The van der Waals surface area contributed by atoms with E-state index in [1.807, 2.05) is 6.92 Å². The minimum Gasteiger partial charge on any atom is -0.396 e. The number of hydrogen-bond donors (Lipinski definition) is 4. The molecule has 31 heavy (non-hydrogen) atoms. The molecule has 0 radical (unpaired) electrons. The van der Waals surface area contributed by atoms with Crippen LogP contribution in [0.3, 0.4) is 0 Å². The molecular formula is C27H44O4. The molecule has 3 unspecified atom stereocenters. The Bertz CT molecular complexity index is 706. The Morgan fingerprint density at radius 2 is 2.00 bits per heavy atom. The van der Waals surface area contributed by atoms with Gasteiger partial charge in [0.05, 0.1) is 17.8 Å². The largest absolute Gasteiger partial charge is 0.396 e.